The van der Waals surface area contributed by atoms with Crippen molar-refractivity contribution in [3.05, 3.63) is 40.2 Å². The second-order valence-electron chi connectivity index (χ2n) is 4.91. The number of carbonyl (C=O) groups excluding carboxylic acids is 1. The summed E-state index contributed by atoms with van der Waals surface area (Å²) in [5, 5.41) is 0.481. The maximum absolute atomic E-state index is 12.5. The molecule has 1 saturated heterocycles. The van der Waals surface area contributed by atoms with Crippen molar-refractivity contribution in [2.45, 2.75) is 12.8 Å². The first-order chi connectivity index (χ1) is 9.72. The number of nitrogens with zero attached hydrogens (tertiary/aromatic N) is 1. The fourth-order valence-corrected chi connectivity index (χ4v) is 2.64. The van der Waals surface area contributed by atoms with Gasteiger partial charge in [-0.3, -0.25) is 9.59 Å². The minimum Gasteiger partial charge on any atom is -0.495 e. The lowest BCUT2D eigenvalue weighted by molar-refractivity contribution is 0.0791. The van der Waals surface area contributed by atoms with Crippen molar-refractivity contribution >= 4 is 16.8 Å². The molecule has 20 heavy (non-hydrogen) atoms. The van der Waals surface area contributed by atoms with Crippen LogP contribution in [-0.2, 0) is 0 Å². The highest BCUT2D eigenvalue weighted by molar-refractivity contribution is 5.98. The Hall–Kier alpha value is -2.30. The van der Waals surface area contributed by atoms with Gasteiger partial charge in [0.1, 0.15) is 11.3 Å². The zero-order chi connectivity index (χ0) is 14.1. The normalized spacial score (nSPS) is 14.8. The molecule has 1 fully saturated rings. The van der Waals surface area contributed by atoms with Crippen LogP contribution in [0.15, 0.2) is 29.2 Å². The molecule has 1 aliphatic heterocycles. The van der Waals surface area contributed by atoms with Gasteiger partial charge in [-0.15, -0.1) is 0 Å². The highest BCUT2D eigenvalue weighted by atomic mass is 16.5. The van der Waals surface area contributed by atoms with Crippen molar-refractivity contribution in [2.24, 2.45) is 0 Å². The number of hydrogen-bond donors (Lipinski definition) is 1. The fraction of sp³-hybridized carbons (Fsp3) is 0.333. The number of H-pyrrole nitrogens is 1. The van der Waals surface area contributed by atoms with E-state index in [1.165, 1.54) is 6.20 Å². The number of carbonyl (C=O) groups is 1. The van der Waals surface area contributed by atoms with Crippen LogP contribution in [0.2, 0.25) is 0 Å². The molecule has 1 aliphatic rings. The minimum absolute atomic E-state index is 0.187. The number of likely N-dealkylation sites (tertiary alicyclic amines) is 1. The number of hydrogen-bond acceptors (Lipinski definition) is 3. The van der Waals surface area contributed by atoms with Gasteiger partial charge in [0.05, 0.1) is 18.0 Å². The van der Waals surface area contributed by atoms with Gasteiger partial charge in [-0.05, 0) is 25.0 Å². The molecule has 104 valence electrons. The molecule has 0 unspecified atom stereocenters. The maximum Gasteiger partial charge on any atom is 0.259 e. The Morgan fingerprint density at radius 1 is 1.30 bits per heavy atom. The van der Waals surface area contributed by atoms with Gasteiger partial charge in [-0.2, -0.15) is 0 Å². The summed E-state index contributed by atoms with van der Waals surface area (Å²) in [4.78, 5) is 29.6. The largest absolute Gasteiger partial charge is 0.495 e. The van der Waals surface area contributed by atoms with E-state index in [0.29, 0.717) is 16.7 Å². The molecule has 5 heteroatoms. The van der Waals surface area contributed by atoms with E-state index < -0.39 is 0 Å². The molecule has 0 saturated carbocycles. The quantitative estimate of drug-likeness (QED) is 0.906. The summed E-state index contributed by atoms with van der Waals surface area (Å²) in [6.07, 6.45) is 3.50. The molecule has 0 spiro atoms. The van der Waals surface area contributed by atoms with Crippen LogP contribution in [0, 0.1) is 0 Å². The van der Waals surface area contributed by atoms with Crippen molar-refractivity contribution < 1.29 is 9.53 Å². The number of aromatic amines is 1. The van der Waals surface area contributed by atoms with Crippen molar-refractivity contribution in [1.29, 1.82) is 0 Å². The van der Waals surface area contributed by atoms with Crippen molar-refractivity contribution in [3.8, 4) is 5.75 Å². The number of para-hydroxylation sites is 1. The summed E-state index contributed by atoms with van der Waals surface area (Å²) in [7, 11) is 1.55. The molecule has 3 rings (SSSR count). The van der Waals surface area contributed by atoms with Crippen LogP contribution >= 0.6 is 0 Å². The molecule has 1 amide bonds. The lowest BCUT2D eigenvalue weighted by Gasteiger charge is -2.15. The van der Waals surface area contributed by atoms with E-state index in [9.17, 15) is 9.59 Å². The first kappa shape index (κ1) is 12.7. The molecule has 2 aromatic rings. The first-order valence-electron chi connectivity index (χ1n) is 6.70. The monoisotopic (exact) mass is 272 g/mol. The van der Waals surface area contributed by atoms with Crippen LogP contribution in [0.1, 0.15) is 23.2 Å². The average Bonchev–Trinajstić information content (AvgIpc) is 3.01. The van der Waals surface area contributed by atoms with Crippen LogP contribution in [0.25, 0.3) is 10.9 Å². The Morgan fingerprint density at radius 2 is 2.05 bits per heavy atom. The Bertz CT molecular complexity index is 715. The number of benzene rings is 1. The zero-order valence-electron chi connectivity index (χ0n) is 11.3. The molecule has 5 nitrogen and oxygen atoms in total. The average molecular weight is 272 g/mol. The third-order valence-electron chi connectivity index (χ3n) is 3.72. The van der Waals surface area contributed by atoms with Gasteiger partial charge in [-0.25, -0.2) is 0 Å². The van der Waals surface area contributed by atoms with Gasteiger partial charge in [0, 0.05) is 19.3 Å². The highest BCUT2D eigenvalue weighted by Crippen LogP contribution is 2.21. The molecular formula is C15H16N2O3. The van der Waals surface area contributed by atoms with Gasteiger partial charge in [0.15, 0.2) is 0 Å². The molecule has 0 aliphatic carbocycles. The lowest BCUT2D eigenvalue weighted by atomic mass is 10.1. The van der Waals surface area contributed by atoms with Gasteiger partial charge in [-0.1, -0.05) is 6.07 Å². The second-order valence-corrected chi connectivity index (χ2v) is 4.91. The Balaban J connectivity index is 2.12. The molecule has 1 N–H and O–H groups in total. The van der Waals surface area contributed by atoms with Crippen LogP contribution in [-0.4, -0.2) is 36.0 Å². The van der Waals surface area contributed by atoms with E-state index in [4.69, 9.17) is 4.74 Å². The number of ether oxygens (including phenoxy) is 1. The Labute approximate surface area is 116 Å². The second kappa shape index (κ2) is 5.00. The molecule has 1 aromatic carbocycles. The molecule has 0 atom stereocenters. The summed E-state index contributed by atoms with van der Waals surface area (Å²) < 4.78 is 5.22. The van der Waals surface area contributed by atoms with Gasteiger partial charge in [0.25, 0.3) is 5.91 Å². The molecule has 1 aromatic heterocycles. The van der Waals surface area contributed by atoms with Gasteiger partial charge in [0.2, 0.25) is 5.43 Å². The standard InChI is InChI=1S/C15H16N2O3/c1-20-12-6-4-5-10-13(12)16-9-11(14(10)18)15(19)17-7-2-3-8-17/h4-6,9H,2-3,7-8H2,1H3,(H,16,18). The lowest BCUT2D eigenvalue weighted by Crippen LogP contribution is -2.31. The van der Waals surface area contributed by atoms with E-state index >= 15 is 0 Å². The van der Waals surface area contributed by atoms with Gasteiger partial charge < -0.3 is 14.6 Å². The summed E-state index contributed by atoms with van der Waals surface area (Å²) >= 11 is 0. The summed E-state index contributed by atoms with van der Waals surface area (Å²) in [5.41, 5.74) is 0.583. The Kier molecular flexibility index (Phi) is 3.18. The number of rotatable bonds is 2. The van der Waals surface area contributed by atoms with E-state index in [1.54, 1.807) is 30.2 Å². The molecule has 0 bridgehead atoms. The van der Waals surface area contributed by atoms with Crippen molar-refractivity contribution in [3.63, 3.8) is 0 Å². The van der Waals surface area contributed by atoms with Crippen LogP contribution < -0.4 is 10.2 Å². The first-order valence-corrected chi connectivity index (χ1v) is 6.70. The third kappa shape index (κ3) is 1.95. The number of methoxy groups -OCH3 is 1. The number of fused-ring (bicyclic) bond motifs is 1. The van der Waals surface area contributed by atoms with Crippen LogP contribution in [0.3, 0.4) is 0 Å². The highest BCUT2D eigenvalue weighted by Gasteiger charge is 2.22. The van der Waals surface area contributed by atoms with E-state index in [0.717, 1.165) is 25.9 Å². The molecule has 2 heterocycles. The number of pyridine rings is 1. The summed E-state index contributed by atoms with van der Waals surface area (Å²) in [6, 6.07) is 5.23. The number of amides is 1. The van der Waals surface area contributed by atoms with Gasteiger partial charge >= 0.3 is 0 Å². The minimum atomic E-state index is -0.241. The SMILES string of the molecule is COc1cccc2c(=O)c(C(=O)N3CCCC3)c[nH]c12. The van der Waals surface area contributed by atoms with Crippen LogP contribution in [0.5, 0.6) is 5.75 Å². The fourth-order valence-electron chi connectivity index (χ4n) is 2.64. The third-order valence-corrected chi connectivity index (χ3v) is 3.72. The van der Waals surface area contributed by atoms with Crippen molar-refractivity contribution in [1.82, 2.24) is 9.88 Å². The number of nitrogens with one attached hydrogen (secondary N) is 1. The Morgan fingerprint density at radius 3 is 2.75 bits per heavy atom. The molecule has 0 radical (unpaired) electrons. The maximum atomic E-state index is 12.5. The van der Waals surface area contributed by atoms with Crippen molar-refractivity contribution in [2.75, 3.05) is 20.2 Å². The van der Waals surface area contributed by atoms with Crippen LogP contribution in [0.4, 0.5) is 0 Å². The number of aromatic nitrogens is 1. The topological polar surface area (TPSA) is 62.4 Å². The zero-order valence-corrected chi connectivity index (χ0v) is 11.3. The van der Waals surface area contributed by atoms with E-state index in [2.05, 4.69) is 4.98 Å². The van der Waals surface area contributed by atoms with E-state index in [1.807, 2.05) is 0 Å². The predicted molar refractivity (Wildman–Crippen MR) is 76.3 cm³/mol. The predicted octanol–water partition coefficient (Wildman–Crippen LogP) is 1.77. The summed E-state index contributed by atoms with van der Waals surface area (Å²) in [5.74, 6) is 0.410. The smallest absolute Gasteiger partial charge is 0.259 e. The molecular weight excluding hydrogens is 256 g/mol. The van der Waals surface area contributed by atoms with E-state index in [-0.39, 0.29) is 16.9 Å². The summed E-state index contributed by atoms with van der Waals surface area (Å²) in [6.45, 7) is 1.46.